The number of hydrogen-bond donors (Lipinski definition) is 0. The molecule has 0 spiro atoms. The minimum atomic E-state index is 0.422. The minimum absolute atomic E-state index is 0.422. The summed E-state index contributed by atoms with van der Waals surface area (Å²) in [5.74, 6) is 0.938. The Morgan fingerprint density at radius 2 is 2.20 bits per heavy atom. The smallest absolute Gasteiger partial charge is 0.164 e. The molecule has 3 nitrogen and oxygen atoms in total. The van der Waals surface area contributed by atoms with Crippen LogP contribution in [0.4, 0.5) is 0 Å². The molecule has 1 aromatic carbocycles. The molecule has 3 rings (SSSR count). The maximum absolute atomic E-state index is 5.50. The van der Waals surface area contributed by atoms with Crippen molar-refractivity contribution in [2.24, 2.45) is 4.99 Å². The summed E-state index contributed by atoms with van der Waals surface area (Å²) in [5, 5.41) is 1.57. The molecule has 2 aliphatic heterocycles. The summed E-state index contributed by atoms with van der Waals surface area (Å²) in [4.78, 5) is 6.92. The lowest BCUT2D eigenvalue weighted by Gasteiger charge is -2.38. The molecule has 0 amide bonds. The fourth-order valence-corrected chi connectivity index (χ4v) is 3.94. The molecule has 106 valence electrons. The number of aliphatic imine (C=N–C) groups is 1. The van der Waals surface area contributed by atoms with Crippen LogP contribution >= 0.6 is 11.8 Å². The average molecular weight is 288 g/mol. The van der Waals surface area contributed by atoms with Crippen LogP contribution in [0.25, 0.3) is 0 Å². The Morgan fingerprint density at radius 3 is 2.95 bits per heavy atom. The van der Waals surface area contributed by atoms with Crippen molar-refractivity contribution in [3.63, 3.8) is 0 Å². The first-order valence-corrected chi connectivity index (χ1v) is 8.05. The second-order valence-electron chi connectivity index (χ2n) is 5.05. The number of thioether (sulfide) groups is 1. The van der Waals surface area contributed by atoms with Crippen molar-refractivity contribution in [2.75, 3.05) is 19.7 Å². The van der Waals surface area contributed by atoms with E-state index in [1.54, 1.807) is 0 Å². The van der Waals surface area contributed by atoms with E-state index in [-0.39, 0.29) is 0 Å². The van der Waals surface area contributed by atoms with Gasteiger partial charge >= 0.3 is 0 Å². The number of amidine groups is 1. The van der Waals surface area contributed by atoms with E-state index in [1.807, 2.05) is 18.7 Å². The van der Waals surface area contributed by atoms with Crippen LogP contribution in [0.2, 0.25) is 0 Å². The van der Waals surface area contributed by atoms with E-state index in [1.165, 1.54) is 11.3 Å². The van der Waals surface area contributed by atoms with Crippen LogP contribution < -0.4 is 4.74 Å². The summed E-state index contributed by atoms with van der Waals surface area (Å²) in [5.41, 5.74) is 2.52. The minimum Gasteiger partial charge on any atom is -0.494 e. The summed E-state index contributed by atoms with van der Waals surface area (Å²) < 4.78 is 5.50. The summed E-state index contributed by atoms with van der Waals surface area (Å²) in [6.07, 6.45) is 2.13. The maximum atomic E-state index is 5.50. The van der Waals surface area contributed by atoms with Crippen LogP contribution in [0.1, 0.15) is 30.6 Å². The van der Waals surface area contributed by atoms with Crippen molar-refractivity contribution in [1.82, 2.24) is 4.90 Å². The lowest BCUT2D eigenvalue weighted by atomic mass is 10.1. The third-order valence-electron chi connectivity index (χ3n) is 3.63. The number of ether oxygens (including phenoxy) is 1. The van der Waals surface area contributed by atoms with Gasteiger partial charge in [0.2, 0.25) is 0 Å². The van der Waals surface area contributed by atoms with Gasteiger partial charge in [-0.3, -0.25) is 4.99 Å². The van der Waals surface area contributed by atoms with Gasteiger partial charge in [-0.15, -0.1) is 0 Å². The number of nitrogens with zero attached hydrogens (tertiary/aromatic N) is 2. The summed E-state index contributed by atoms with van der Waals surface area (Å²) in [6, 6.07) is 8.43. The van der Waals surface area contributed by atoms with Gasteiger partial charge in [-0.1, -0.05) is 30.5 Å². The molecule has 1 aromatic rings. The largest absolute Gasteiger partial charge is 0.494 e. The molecule has 0 bridgehead atoms. The van der Waals surface area contributed by atoms with Crippen LogP contribution in [0.3, 0.4) is 0 Å². The quantitative estimate of drug-likeness (QED) is 0.845. The highest BCUT2D eigenvalue weighted by molar-refractivity contribution is 8.14. The van der Waals surface area contributed by atoms with Crippen LogP contribution in [-0.2, 0) is 0 Å². The molecule has 20 heavy (non-hydrogen) atoms. The first-order chi connectivity index (χ1) is 9.78. The zero-order valence-corrected chi connectivity index (χ0v) is 12.7. The number of allylic oxidation sites excluding steroid dienone is 1. The molecule has 1 saturated heterocycles. The summed E-state index contributed by atoms with van der Waals surface area (Å²) >= 11 is 1.87. The zero-order chi connectivity index (χ0) is 13.9. The normalized spacial score (nSPS) is 22.2. The maximum Gasteiger partial charge on any atom is 0.164 e. The van der Waals surface area contributed by atoms with Crippen molar-refractivity contribution in [3.8, 4) is 5.75 Å². The molecule has 0 radical (unpaired) electrons. The molecule has 4 heteroatoms. The Balaban J connectivity index is 1.77. The van der Waals surface area contributed by atoms with Gasteiger partial charge in [0.1, 0.15) is 5.75 Å². The van der Waals surface area contributed by atoms with Crippen LogP contribution in [0, 0.1) is 0 Å². The second kappa shape index (κ2) is 5.92. The van der Waals surface area contributed by atoms with Crippen molar-refractivity contribution < 1.29 is 4.74 Å². The molecular weight excluding hydrogens is 268 g/mol. The number of rotatable bonds is 3. The lowest BCUT2D eigenvalue weighted by molar-refractivity contribution is 0.340. The van der Waals surface area contributed by atoms with Crippen molar-refractivity contribution >= 4 is 16.9 Å². The molecule has 1 fully saturated rings. The van der Waals surface area contributed by atoms with Gasteiger partial charge in [0.15, 0.2) is 5.17 Å². The molecular formula is C16H20N2OS. The van der Waals surface area contributed by atoms with Crippen LogP contribution in [0.5, 0.6) is 5.75 Å². The molecule has 2 heterocycles. The number of benzene rings is 1. The van der Waals surface area contributed by atoms with Gasteiger partial charge < -0.3 is 9.64 Å². The summed E-state index contributed by atoms with van der Waals surface area (Å²) in [6.45, 7) is 8.96. The lowest BCUT2D eigenvalue weighted by Crippen LogP contribution is -2.36. The molecule has 0 aliphatic carbocycles. The topological polar surface area (TPSA) is 24.8 Å². The van der Waals surface area contributed by atoms with E-state index in [0.717, 1.165) is 36.8 Å². The van der Waals surface area contributed by atoms with E-state index >= 15 is 0 Å². The Hall–Kier alpha value is -1.42. The second-order valence-corrected chi connectivity index (χ2v) is 6.22. The first-order valence-electron chi connectivity index (χ1n) is 7.17. The standard InChI is InChI=1S/C16H20N2OS/c1-3-19-14-7-5-13(6-8-14)15-11-12(2)18-10-4-9-17-16(18)20-15/h5-8,15H,2-4,9-11H2,1H3. The molecule has 1 atom stereocenters. The number of hydrogen-bond acceptors (Lipinski definition) is 4. The van der Waals surface area contributed by atoms with Gasteiger partial charge in [-0.05, 0) is 31.0 Å². The fraction of sp³-hybridized carbons (Fsp3) is 0.438. The van der Waals surface area contributed by atoms with Gasteiger partial charge in [-0.2, -0.15) is 0 Å². The van der Waals surface area contributed by atoms with Gasteiger partial charge in [-0.25, -0.2) is 0 Å². The Morgan fingerprint density at radius 1 is 1.40 bits per heavy atom. The van der Waals surface area contributed by atoms with Crippen LogP contribution in [0.15, 0.2) is 41.5 Å². The van der Waals surface area contributed by atoms with E-state index in [4.69, 9.17) is 4.74 Å². The van der Waals surface area contributed by atoms with Gasteiger partial charge in [0.25, 0.3) is 0 Å². The van der Waals surface area contributed by atoms with E-state index in [0.29, 0.717) is 11.9 Å². The van der Waals surface area contributed by atoms with Gasteiger partial charge in [0.05, 0.1) is 6.61 Å². The highest BCUT2D eigenvalue weighted by Crippen LogP contribution is 2.43. The van der Waals surface area contributed by atoms with E-state index in [9.17, 15) is 0 Å². The van der Waals surface area contributed by atoms with Crippen LogP contribution in [-0.4, -0.2) is 29.8 Å². The average Bonchev–Trinajstić information content (AvgIpc) is 2.48. The highest BCUT2D eigenvalue weighted by atomic mass is 32.2. The third kappa shape index (κ3) is 2.70. The Bertz CT molecular complexity index is 524. The highest BCUT2D eigenvalue weighted by Gasteiger charge is 2.30. The van der Waals surface area contributed by atoms with Crippen molar-refractivity contribution in [3.05, 3.63) is 42.1 Å². The molecule has 0 saturated carbocycles. The molecule has 0 N–H and O–H groups in total. The van der Waals surface area contributed by atoms with Gasteiger partial charge in [0, 0.05) is 30.5 Å². The first kappa shape index (κ1) is 13.6. The monoisotopic (exact) mass is 288 g/mol. The fourth-order valence-electron chi connectivity index (χ4n) is 2.60. The van der Waals surface area contributed by atoms with Crippen molar-refractivity contribution in [2.45, 2.75) is 25.0 Å². The van der Waals surface area contributed by atoms with Crippen molar-refractivity contribution in [1.29, 1.82) is 0 Å². The zero-order valence-electron chi connectivity index (χ0n) is 11.8. The summed E-state index contributed by atoms with van der Waals surface area (Å²) in [7, 11) is 0. The number of fused-ring (bicyclic) bond motifs is 1. The molecule has 1 unspecified atom stereocenters. The predicted molar refractivity (Wildman–Crippen MR) is 85.3 cm³/mol. The SMILES string of the molecule is C=C1CC(c2ccc(OCC)cc2)SC2=NCCCN12. The Kier molecular flexibility index (Phi) is 4.01. The third-order valence-corrected chi connectivity index (χ3v) is 4.91. The van der Waals surface area contributed by atoms with E-state index < -0.39 is 0 Å². The predicted octanol–water partition coefficient (Wildman–Crippen LogP) is 3.84. The molecule has 2 aliphatic rings. The molecule has 0 aromatic heterocycles. The van der Waals surface area contributed by atoms with E-state index in [2.05, 4.69) is 40.7 Å². The Labute approximate surface area is 124 Å².